The Morgan fingerprint density at radius 1 is 0.692 bits per heavy atom. The van der Waals surface area contributed by atoms with Gasteiger partial charge in [-0.05, 0) is 12.1 Å². The van der Waals surface area contributed by atoms with E-state index in [1.165, 1.54) is 10.1 Å². The van der Waals surface area contributed by atoms with Crippen molar-refractivity contribution in [2.45, 2.75) is 0 Å². The van der Waals surface area contributed by atoms with Crippen LogP contribution in [0.25, 0.3) is 31.1 Å². The van der Waals surface area contributed by atoms with Gasteiger partial charge >= 0.3 is 0 Å². The normalized spacial score (nSPS) is 11.3. The summed E-state index contributed by atoms with van der Waals surface area (Å²) in [6, 6.07) is 8.13. The van der Waals surface area contributed by atoms with Crippen LogP contribution in [0, 0.1) is 0 Å². The topological polar surface area (TPSA) is 40.8 Å². The van der Waals surface area contributed by atoms with E-state index in [1.54, 1.807) is 39.8 Å². The van der Waals surface area contributed by atoms with Crippen LogP contribution in [0.2, 0.25) is 0 Å². The largest absolute Gasteiger partial charge is 0.493 e. The van der Waals surface area contributed by atoms with Gasteiger partial charge in [0.25, 0.3) is 0 Å². The van der Waals surface area contributed by atoms with Gasteiger partial charge in [-0.1, -0.05) is 0 Å². The minimum atomic E-state index is 0.715. The predicted molar refractivity (Wildman–Crippen MR) is 104 cm³/mol. The molecule has 0 bridgehead atoms. The molecule has 4 aromatic rings. The van der Waals surface area contributed by atoms with Gasteiger partial charge in [0.2, 0.25) is 5.52 Å². The van der Waals surface area contributed by atoms with Gasteiger partial charge in [-0.15, -0.1) is 11.3 Å². The maximum absolute atomic E-state index is 5.53. The van der Waals surface area contributed by atoms with E-state index in [1.807, 2.05) is 31.3 Å². The van der Waals surface area contributed by atoms with E-state index in [-0.39, 0.29) is 0 Å². The minimum absolute atomic E-state index is 0.715. The third-order valence-electron chi connectivity index (χ3n) is 4.68. The van der Waals surface area contributed by atoms with Crippen LogP contribution in [0.15, 0.2) is 30.5 Å². The number of aryl methyl sites for hydroxylation is 1. The molecule has 0 N–H and O–H groups in total. The highest BCUT2D eigenvalue weighted by Crippen LogP contribution is 2.44. The molecule has 26 heavy (non-hydrogen) atoms. The molecule has 2 aromatic heterocycles. The van der Waals surface area contributed by atoms with Gasteiger partial charge < -0.3 is 18.9 Å². The fourth-order valence-corrected chi connectivity index (χ4v) is 4.62. The Balaban J connectivity index is 2.19. The van der Waals surface area contributed by atoms with Crippen molar-refractivity contribution in [3.8, 4) is 23.0 Å². The summed E-state index contributed by atoms with van der Waals surface area (Å²) in [5.41, 5.74) is 1.07. The zero-order valence-electron chi connectivity index (χ0n) is 15.4. The number of rotatable bonds is 4. The van der Waals surface area contributed by atoms with Crippen LogP contribution in [0.3, 0.4) is 0 Å². The smallest absolute Gasteiger partial charge is 0.216 e. The van der Waals surface area contributed by atoms with Crippen LogP contribution < -0.4 is 23.5 Å². The molecule has 0 unspecified atom stereocenters. The first-order valence-corrected chi connectivity index (χ1v) is 8.95. The Morgan fingerprint density at radius 2 is 1.23 bits per heavy atom. The van der Waals surface area contributed by atoms with Crippen molar-refractivity contribution in [1.82, 2.24) is 0 Å². The molecule has 6 heteroatoms. The molecule has 0 saturated heterocycles. The van der Waals surface area contributed by atoms with E-state index in [0.717, 1.165) is 32.5 Å². The third-order valence-corrected chi connectivity index (χ3v) is 5.77. The van der Waals surface area contributed by atoms with Gasteiger partial charge in [0, 0.05) is 21.5 Å². The van der Waals surface area contributed by atoms with E-state index < -0.39 is 0 Å². The van der Waals surface area contributed by atoms with Gasteiger partial charge in [0.1, 0.15) is 11.7 Å². The lowest BCUT2D eigenvalue weighted by Gasteiger charge is -2.09. The molecule has 0 amide bonds. The van der Waals surface area contributed by atoms with Gasteiger partial charge in [-0.25, -0.2) is 0 Å². The first-order chi connectivity index (χ1) is 12.6. The average Bonchev–Trinajstić information content (AvgIpc) is 3.02. The van der Waals surface area contributed by atoms with Crippen LogP contribution in [0.5, 0.6) is 23.0 Å². The Bertz CT molecular complexity index is 1150. The molecule has 2 heterocycles. The van der Waals surface area contributed by atoms with Crippen molar-refractivity contribution in [2.24, 2.45) is 7.05 Å². The molecule has 134 valence electrons. The van der Waals surface area contributed by atoms with Crippen molar-refractivity contribution >= 4 is 42.4 Å². The second-order valence-corrected chi connectivity index (χ2v) is 7.09. The monoisotopic (exact) mass is 370 g/mol. The second-order valence-electron chi connectivity index (χ2n) is 6.01. The van der Waals surface area contributed by atoms with E-state index in [9.17, 15) is 0 Å². The van der Waals surface area contributed by atoms with E-state index in [2.05, 4.69) is 10.8 Å². The number of nitrogens with zero attached hydrogens (tertiary/aromatic N) is 1. The van der Waals surface area contributed by atoms with Crippen molar-refractivity contribution < 1.29 is 23.5 Å². The maximum atomic E-state index is 5.53. The molecule has 0 aliphatic carbocycles. The number of fused-ring (bicyclic) bond motifs is 5. The number of ether oxygens (including phenoxy) is 4. The number of thiophene rings is 1. The molecular weight excluding hydrogens is 350 g/mol. The SMILES string of the molecule is COc1cc2sc3c[n+](C)c4cc(OC)c(OC)cc4c3c2cc1OC. The highest BCUT2D eigenvalue weighted by atomic mass is 32.1. The van der Waals surface area contributed by atoms with Crippen LogP contribution in [0.1, 0.15) is 0 Å². The van der Waals surface area contributed by atoms with Crippen molar-refractivity contribution in [3.63, 3.8) is 0 Å². The molecular formula is C20H20NO4S+. The first-order valence-electron chi connectivity index (χ1n) is 8.13. The summed E-state index contributed by atoms with van der Waals surface area (Å²) in [6.45, 7) is 0. The molecule has 0 saturated carbocycles. The number of benzene rings is 2. The number of methoxy groups -OCH3 is 4. The summed E-state index contributed by atoms with van der Waals surface area (Å²) in [7, 11) is 8.66. The molecule has 2 aromatic carbocycles. The van der Waals surface area contributed by atoms with Crippen LogP contribution in [0.4, 0.5) is 0 Å². The third kappa shape index (κ3) is 2.33. The van der Waals surface area contributed by atoms with Gasteiger partial charge in [0.05, 0.1) is 39.9 Å². The van der Waals surface area contributed by atoms with Crippen LogP contribution in [-0.4, -0.2) is 28.4 Å². The standard InChI is InChI=1S/C20H20NO4S/c1-21-10-19-20(11-6-14(22-2)16(24-4)8-13(11)21)12-7-15(23-3)17(25-5)9-18(12)26-19/h6-10H,1-5H3/q+1. The molecule has 5 nitrogen and oxygen atoms in total. The predicted octanol–water partition coefficient (Wildman–Crippen LogP) is 4.07. The molecule has 0 spiro atoms. The summed E-state index contributed by atoms with van der Waals surface area (Å²) >= 11 is 1.73. The lowest BCUT2D eigenvalue weighted by atomic mass is 10.1. The number of pyridine rings is 1. The Labute approximate surface area is 155 Å². The fourth-order valence-electron chi connectivity index (χ4n) is 3.42. The van der Waals surface area contributed by atoms with Crippen molar-refractivity contribution in [2.75, 3.05) is 28.4 Å². The Morgan fingerprint density at radius 3 is 1.85 bits per heavy atom. The molecule has 0 fully saturated rings. The summed E-state index contributed by atoms with van der Waals surface area (Å²) in [6.07, 6.45) is 2.15. The maximum Gasteiger partial charge on any atom is 0.216 e. The summed E-state index contributed by atoms with van der Waals surface area (Å²) in [5, 5.41) is 3.43. The Kier molecular flexibility index (Phi) is 4.00. The van der Waals surface area contributed by atoms with Crippen molar-refractivity contribution in [1.29, 1.82) is 0 Å². The second kappa shape index (κ2) is 6.21. The summed E-state index contributed by atoms with van der Waals surface area (Å²) in [4.78, 5) is 0. The van der Waals surface area contributed by atoms with Crippen molar-refractivity contribution in [3.05, 3.63) is 30.5 Å². The number of aromatic nitrogens is 1. The zero-order chi connectivity index (χ0) is 18.4. The Hall–Kier alpha value is -2.73. The highest BCUT2D eigenvalue weighted by Gasteiger charge is 2.20. The lowest BCUT2D eigenvalue weighted by molar-refractivity contribution is -0.643. The van der Waals surface area contributed by atoms with E-state index >= 15 is 0 Å². The minimum Gasteiger partial charge on any atom is -0.493 e. The fraction of sp³-hybridized carbons (Fsp3) is 0.250. The molecule has 4 rings (SSSR count). The quantitative estimate of drug-likeness (QED) is 0.508. The number of hydrogen-bond acceptors (Lipinski definition) is 5. The zero-order valence-corrected chi connectivity index (χ0v) is 16.2. The van der Waals surface area contributed by atoms with Crippen LogP contribution >= 0.6 is 11.3 Å². The molecule has 0 aliphatic heterocycles. The lowest BCUT2D eigenvalue weighted by Crippen LogP contribution is -2.28. The van der Waals surface area contributed by atoms with Gasteiger partial charge in [0.15, 0.2) is 29.2 Å². The molecule has 0 aliphatic rings. The molecule has 0 radical (unpaired) electrons. The average molecular weight is 370 g/mol. The van der Waals surface area contributed by atoms with E-state index in [4.69, 9.17) is 18.9 Å². The number of hydrogen-bond donors (Lipinski definition) is 0. The molecule has 0 atom stereocenters. The van der Waals surface area contributed by atoms with Gasteiger partial charge in [-0.2, -0.15) is 4.57 Å². The summed E-state index contributed by atoms with van der Waals surface area (Å²) in [5.74, 6) is 2.89. The van der Waals surface area contributed by atoms with Gasteiger partial charge in [-0.3, -0.25) is 0 Å². The summed E-state index contributed by atoms with van der Waals surface area (Å²) < 4.78 is 26.4. The van der Waals surface area contributed by atoms with E-state index in [0.29, 0.717) is 11.5 Å². The first kappa shape index (κ1) is 16.7. The van der Waals surface area contributed by atoms with Crippen LogP contribution in [-0.2, 0) is 7.05 Å². The highest BCUT2D eigenvalue weighted by molar-refractivity contribution is 7.26.